The number of hydrogen-bond donors (Lipinski definition) is 0. The Morgan fingerprint density at radius 3 is 2.60 bits per heavy atom. The second kappa shape index (κ2) is 5.86. The summed E-state index contributed by atoms with van der Waals surface area (Å²) < 4.78 is 21.9. The summed E-state index contributed by atoms with van der Waals surface area (Å²) in [5, 5.41) is 0. The van der Waals surface area contributed by atoms with Gasteiger partial charge in [0.05, 0.1) is 13.2 Å². The Hall–Kier alpha value is -0.890. The molecule has 4 heteroatoms. The molecule has 0 saturated heterocycles. The van der Waals surface area contributed by atoms with Crippen LogP contribution in [0.2, 0.25) is 0 Å². The maximum atomic E-state index is 11.7. The Balaban J connectivity index is 2.42. The lowest BCUT2D eigenvalue weighted by molar-refractivity contribution is 0.216. The molecular weight excluding hydrogens is 211 g/mol. The first-order valence-electron chi connectivity index (χ1n) is 4.65. The molecule has 0 saturated carbocycles. The molecule has 1 rings (SSSR count). The van der Waals surface area contributed by atoms with Gasteiger partial charge in [0.1, 0.15) is 0 Å². The topological polar surface area (TPSA) is 35.5 Å². The first-order chi connectivity index (χ1) is 7.14. The van der Waals surface area contributed by atoms with Crippen LogP contribution in [0.5, 0.6) is 0 Å². The quantitative estimate of drug-likeness (QED) is 0.551. The minimum Gasteiger partial charge on any atom is -0.305 e. The molecule has 1 atom stereocenters. The highest BCUT2D eigenvalue weighted by Crippen LogP contribution is 2.44. The van der Waals surface area contributed by atoms with Gasteiger partial charge in [0.2, 0.25) is 0 Å². The summed E-state index contributed by atoms with van der Waals surface area (Å²) in [5.74, 6) is 0. The molecule has 0 fully saturated rings. The van der Waals surface area contributed by atoms with Gasteiger partial charge in [0.25, 0.3) is 0 Å². The van der Waals surface area contributed by atoms with E-state index in [1.165, 1.54) is 6.66 Å². The van der Waals surface area contributed by atoms with E-state index in [0.717, 1.165) is 5.56 Å². The van der Waals surface area contributed by atoms with Gasteiger partial charge in [-0.3, -0.25) is 4.57 Å². The van der Waals surface area contributed by atoms with E-state index >= 15 is 0 Å². The summed E-state index contributed by atoms with van der Waals surface area (Å²) in [6.07, 6.45) is 1.54. The van der Waals surface area contributed by atoms with Crippen LogP contribution in [0.3, 0.4) is 0 Å². The second-order valence-electron chi connectivity index (χ2n) is 3.11. The van der Waals surface area contributed by atoms with Gasteiger partial charge in [0.15, 0.2) is 0 Å². The van der Waals surface area contributed by atoms with Crippen LogP contribution < -0.4 is 0 Å². The Bertz CT molecular complexity index is 348. The van der Waals surface area contributed by atoms with Gasteiger partial charge in [-0.1, -0.05) is 36.4 Å². The first-order valence-corrected chi connectivity index (χ1v) is 6.64. The predicted molar refractivity (Wildman–Crippen MR) is 60.9 cm³/mol. The Kier molecular flexibility index (Phi) is 4.76. The van der Waals surface area contributed by atoms with E-state index < -0.39 is 7.60 Å². The van der Waals surface area contributed by atoms with Crippen LogP contribution in [-0.4, -0.2) is 13.3 Å². The maximum absolute atomic E-state index is 11.7. The van der Waals surface area contributed by atoms with E-state index in [4.69, 9.17) is 9.05 Å². The molecule has 0 bridgehead atoms. The van der Waals surface area contributed by atoms with E-state index in [1.807, 2.05) is 30.3 Å². The third kappa shape index (κ3) is 4.93. The van der Waals surface area contributed by atoms with E-state index in [2.05, 4.69) is 6.58 Å². The summed E-state index contributed by atoms with van der Waals surface area (Å²) in [7, 11) is -2.95. The average molecular weight is 226 g/mol. The van der Waals surface area contributed by atoms with E-state index in [-0.39, 0.29) is 6.61 Å². The Morgan fingerprint density at radius 2 is 2.00 bits per heavy atom. The van der Waals surface area contributed by atoms with Crippen LogP contribution in [0, 0.1) is 0 Å². The molecule has 0 spiro atoms. The lowest BCUT2D eigenvalue weighted by atomic mass is 10.2. The summed E-state index contributed by atoms with van der Waals surface area (Å²) in [4.78, 5) is 0. The summed E-state index contributed by atoms with van der Waals surface area (Å²) >= 11 is 0. The molecule has 0 aliphatic rings. The van der Waals surface area contributed by atoms with Crippen molar-refractivity contribution in [1.29, 1.82) is 0 Å². The van der Waals surface area contributed by atoms with Crippen molar-refractivity contribution in [2.45, 2.75) is 6.61 Å². The molecule has 82 valence electrons. The van der Waals surface area contributed by atoms with Crippen LogP contribution in [0.15, 0.2) is 43.0 Å². The fourth-order valence-electron chi connectivity index (χ4n) is 0.991. The minimum absolute atomic E-state index is 0.239. The summed E-state index contributed by atoms with van der Waals surface area (Å²) in [5.41, 5.74) is 0.974. The summed E-state index contributed by atoms with van der Waals surface area (Å²) in [6.45, 7) is 5.47. The van der Waals surface area contributed by atoms with Crippen molar-refractivity contribution in [2.75, 3.05) is 13.3 Å². The van der Waals surface area contributed by atoms with Crippen molar-refractivity contribution in [3.63, 3.8) is 0 Å². The highest BCUT2D eigenvalue weighted by Gasteiger charge is 2.15. The number of benzene rings is 1. The molecule has 0 N–H and O–H groups in total. The maximum Gasteiger partial charge on any atom is 0.328 e. The minimum atomic E-state index is -2.95. The molecule has 1 aromatic rings. The van der Waals surface area contributed by atoms with Gasteiger partial charge in [-0.25, -0.2) is 0 Å². The zero-order chi connectivity index (χ0) is 11.1. The lowest BCUT2D eigenvalue weighted by Gasteiger charge is -2.12. The zero-order valence-corrected chi connectivity index (χ0v) is 9.65. The van der Waals surface area contributed by atoms with Crippen LogP contribution in [0.25, 0.3) is 0 Å². The van der Waals surface area contributed by atoms with Crippen molar-refractivity contribution in [3.8, 4) is 0 Å². The highest BCUT2D eigenvalue weighted by molar-refractivity contribution is 7.52. The van der Waals surface area contributed by atoms with Gasteiger partial charge < -0.3 is 9.05 Å². The molecule has 1 aromatic carbocycles. The van der Waals surface area contributed by atoms with Crippen LogP contribution in [0.4, 0.5) is 0 Å². The van der Waals surface area contributed by atoms with Crippen molar-refractivity contribution < 1.29 is 13.6 Å². The molecule has 0 aliphatic heterocycles. The SMILES string of the molecule is C=CCOP(C)(=O)OCc1ccccc1. The predicted octanol–water partition coefficient (Wildman–Crippen LogP) is 3.23. The molecule has 0 amide bonds. The van der Waals surface area contributed by atoms with Gasteiger partial charge in [-0.2, -0.15) is 0 Å². The fourth-order valence-corrected chi connectivity index (χ4v) is 1.83. The van der Waals surface area contributed by atoms with Crippen molar-refractivity contribution >= 4 is 7.60 Å². The molecule has 1 unspecified atom stereocenters. The molecule has 0 aromatic heterocycles. The molecule has 15 heavy (non-hydrogen) atoms. The van der Waals surface area contributed by atoms with Gasteiger partial charge >= 0.3 is 7.60 Å². The third-order valence-electron chi connectivity index (χ3n) is 1.74. The van der Waals surface area contributed by atoms with Crippen LogP contribution in [0.1, 0.15) is 5.56 Å². The van der Waals surface area contributed by atoms with Gasteiger partial charge in [-0.15, -0.1) is 6.58 Å². The number of hydrogen-bond acceptors (Lipinski definition) is 3. The molecule has 3 nitrogen and oxygen atoms in total. The summed E-state index contributed by atoms with van der Waals surface area (Å²) in [6, 6.07) is 9.55. The van der Waals surface area contributed by atoms with E-state index in [9.17, 15) is 4.57 Å². The van der Waals surface area contributed by atoms with Crippen LogP contribution in [-0.2, 0) is 20.2 Å². The second-order valence-corrected chi connectivity index (χ2v) is 5.17. The van der Waals surface area contributed by atoms with E-state index in [0.29, 0.717) is 6.61 Å². The van der Waals surface area contributed by atoms with Gasteiger partial charge in [-0.05, 0) is 5.56 Å². The smallest absolute Gasteiger partial charge is 0.305 e. The average Bonchev–Trinajstić information content (AvgIpc) is 2.25. The van der Waals surface area contributed by atoms with E-state index in [1.54, 1.807) is 6.08 Å². The Labute approximate surface area is 90.3 Å². The molecule has 0 radical (unpaired) electrons. The molecule has 0 heterocycles. The Morgan fingerprint density at radius 1 is 1.33 bits per heavy atom. The normalized spacial score (nSPS) is 14.5. The lowest BCUT2D eigenvalue weighted by Crippen LogP contribution is -1.95. The van der Waals surface area contributed by atoms with Crippen molar-refractivity contribution in [2.24, 2.45) is 0 Å². The zero-order valence-electron chi connectivity index (χ0n) is 8.76. The third-order valence-corrected chi connectivity index (χ3v) is 2.95. The number of rotatable bonds is 6. The first kappa shape index (κ1) is 12.2. The molecular formula is C11H15O3P. The fraction of sp³-hybridized carbons (Fsp3) is 0.273. The van der Waals surface area contributed by atoms with Crippen LogP contribution >= 0.6 is 7.60 Å². The van der Waals surface area contributed by atoms with Gasteiger partial charge in [0, 0.05) is 6.66 Å². The highest BCUT2D eigenvalue weighted by atomic mass is 31.2. The largest absolute Gasteiger partial charge is 0.328 e. The van der Waals surface area contributed by atoms with Crippen molar-refractivity contribution in [3.05, 3.63) is 48.6 Å². The monoisotopic (exact) mass is 226 g/mol. The molecule has 0 aliphatic carbocycles. The standard InChI is InChI=1S/C11H15O3P/c1-3-9-13-15(2,12)14-10-11-7-5-4-6-8-11/h3-8H,1,9-10H2,2H3. The van der Waals surface area contributed by atoms with Crippen molar-refractivity contribution in [1.82, 2.24) is 0 Å².